The average molecular weight is 253 g/mol. The number of nitro benzene ring substituents is 1. The molecule has 17 heavy (non-hydrogen) atoms. The fourth-order valence-corrected chi connectivity index (χ4v) is 2.22. The topological polar surface area (TPSA) is 60.2 Å². The Morgan fingerprint density at radius 1 is 1.47 bits per heavy atom. The molecule has 92 valence electrons. The zero-order valence-corrected chi connectivity index (χ0v) is 10.9. The Morgan fingerprint density at radius 3 is 2.59 bits per heavy atom. The van der Waals surface area contributed by atoms with E-state index in [-0.39, 0.29) is 11.5 Å². The number of hydrogen-bond acceptors (Lipinski definition) is 4. The van der Waals surface area contributed by atoms with Crippen LogP contribution in [0.4, 0.5) is 5.69 Å². The third kappa shape index (κ3) is 3.85. The molecule has 0 atom stereocenters. The number of nitro groups is 1. The summed E-state index contributed by atoms with van der Waals surface area (Å²) in [6.07, 6.45) is 0. The fourth-order valence-electron chi connectivity index (χ4n) is 1.26. The molecule has 0 radical (unpaired) electrons. The van der Waals surface area contributed by atoms with Gasteiger partial charge in [0.1, 0.15) is 0 Å². The van der Waals surface area contributed by atoms with E-state index >= 15 is 0 Å². The quantitative estimate of drug-likeness (QED) is 0.348. The van der Waals surface area contributed by atoms with E-state index in [4.69, 9.17) is 0 Å². The molecule has 0 aliphatic heterocycles. The van der Waals surface area contributed by atoms with Crippen molar-refractivity contribution in [3.63, 3.8) is 0 Å². The number of hydrogen-bond donors (Lipinski definition) is 0. The molecule has 1 rings (SSSR count). The molecule has 0 fully saturated rings. The number of nitrogens with zero attached hydrogens (tertiary/aromatic N) is 1. The summed E-state index contributed by atoms with van der Waals surface area (Å²) < 4.78 is 0. The van der Waals surface area contributed by atoms with Crippen molar-refractivity contribution in [2.75, 3.05) is 5.75 Å². The van der Waals surface area contributed by atoms with Crippen LogP contribution in [0.5, 0.6) is 0 Å². The van der Waals surface area contributed by atoms with E-state index in [0.717, 1.165) is 5.75 Å². The predicted molar refractivity (Wildman–Crippen MR) is 68.7 cm³/mol. The Balaban J connectivity index is 3.04. The first kappa shape index (κ1) is 13.7. The van der Waals surface area contributed by atoms with Gasteiger partial charge in [-0.2, -0.15) is 0 Å². The molecule has 1 aromatic rings. The third-order valence-electron chi connectivity index (χ3n) is 2.13. The van der Waals surface area contributed by atoms with Gasteiger partial charge in [-0.3, -0.25) is 14.9 Å². The fraction of sp³-hybridized carbons (Fsp3) is 0.417. The maximum absolute atomic E-state index is 11.2. The van der Waals surface area contributed by atoms with Gasteiger partial charge >= 0.3 is 0 Å². The largest absolute Gasteiger partial charge is 0.295 e. The number of ketones is 1. The van der Waals surface area contributed by atoms with Crippen molar-refractivity contribution in [2.24, 2.45) is 5.92 Å². The Hall–Kier alpha value is -1.36. The molecule has 0 aliphatic carbocycles. The highest BCUT2D eigenvalue weighted by atomic mass is 32.2. The first-order chi connectivity index (χ1) is 7.91. The first-order valence-corrected chi connectivity index (χ1v) is 6.32. The molecular weight excluding hydrogens is 238 g/mol. The van der Waals surface area contributed by atoms with Crippen LogP contribution in [-0.4, -0.2) is 16.5 Å². The maximum Gasteiger partial charge on any atom is 0.283 e. The SMILES string of the molecule is CC(=O)c1ccc(SCC(C)C)c([N+](=O)[O-])c1. The van der Waals surface area contributed by atoms with Gasteiger partial charge in [0.15, 0.2) is 5.78 Å². The van der Waals surface area contributed by atoms with Crippen molar-refractivity contribution in [3.05, 3.63) is 33.9 Å². The summed E-state index contributed by atoms with van der Waals surface area (Å²) in [7, 11) is 0. The van der Waals surface area contributed by atoms with E-state index in [2.05, 4.69) is 13.8 Å². The van der Waals surface area contributed by atoms with Gasteiger partial charge in [-0.05, 0) is 25.0 Å². The lowest BCUT2D eigenvalue weighted by molar-refractivity contribution is -0.387. The summed E-state index contributed by atoms with van der Waals surface area (Å²) in [5.41, 5.74) is 0.397. The van der Waals surface area contributed by atoms with Crippen LogP contribution in [0.2, 0.25) is 0 Å². The number of carbonyl (C=O) groups is 1. The van der Waals surface area contributed by atoms with Gasteiger partial charge in [0.05, 0.1) is 9.82 Å². The maximum atomic E-state index is 11.2. The van der Waals surface area contributed by atoms with Crippen molar-refractivity contribution in [2.45, 2.75) is 25.7 Å². The lowest BCUT2D eigenvalue weighted by atomic mass is 10.1. The lowest BCUT2D eigenvalue weighted by Gasteiger charge is -2.06. The van der Waals surface area contributed by atoms with Crippen LogP contribution >= 0.6 is 11.8 Å². The number of benzene rings is 1. The van der Waals surface area contributed by atoms with Crippen LogP contribution in [0.25, 0.3) is 0 Å². The van der Waals surface area contributed by atoms with Crippen molar-refractivity contribution in [1.29, 1.82) is 0 Å². The van der Waals surface area contributed by atoms with Crippen LogP contribution in [0.1, 0.15) is 31.1 Å². The van der Waals surface area contributed by atoms with Crippen molar-refractivity contribution < 1.29 is 9.72 Å². The number of Topliss-reactive ketones (excluding diaryl/α,β-unsaturated/α-hetero) is 1. The molecule has 0 spiro atoms. The zero-order chi connectivity index (χ0) is 13.0. The van der Waals surface area contributed by atoms with Gasteiger partial charge in [0.25, 0.3) is 5.69 Å². The summed E-state index contributed by atoms with van der Waals surface area (Å²) in [5.74, 6) is 1.13. The molecule has 5 heteroatoms. The van der Waals surface area contributed by atoms with Crippen LogP contribution in [0.15, 0.2) is 23.1 Å². The second-order valence-corrected chi connectivity index (χ2v) is 5.26. The summed E-state index contributed by atoms with van der Waals surface area (Å²) in [4.78, 5) is 22.3. The van der Waals surface area contributed by atoms with Crippen LogP contribution < -0.4 is 0 Å². The molecular formula is C12H15NO3S. The van der Waals surface area contributed by atoms with E-state index in [9.17, 15) is 14.9 Å². The van der Waals surface area contributed by atoms with Crippen molar-refractivity contribution >= 4 is 23.2 Å². The van der Waals surface area contributed by atoms with Crippen LogP contribution in [0.3, 0.4) is 0 Å². The van der Waals surface area contributed by atoms with Crippen LogP contribution in [-0.2, 0) is 0 Å². The van der Waals surface area contributed by atoms with E-state index in [1.807, 2.05) is 0 Å². The summed E-state index contributed by atoms with van der Waals surface area (Å²) in [5, 5.41) is 10.9. The molecule has 0 bridgehead atoms. The number of thioether (sulfide) groups is 1. The van der Waals surface area contributed by atoms with Crippen LogP contribution in [0, 0.1) is 16.0 Å². The molecule has 0 heterocycles. The molecule has 0 aliphatic rings. The molecule has 1 aromatic carbocycles. The lowest BCUT2D eigenvalue weighted by Crippen LogP contribution is -1.98. The highest BCUT2D eigenvalue weighted by Crippen LogP contribution is 2.31. The Bertz CT molecular complexity index is 443. The molecule has 4 nitrogen and oxygen atoms in total. The molecule has 0 aromatic heterocycles. The molecule has 0 saturated carbocycles. The average Bonchev–Trinajstić information content (AvgIpc) is 2.25. The Kier molecular flexibility index (Phi) is 4.69. The minimum atomic E-state index is -0.435. The zero-order valence-electron chi connectivity index (χ0n) is 10.1. The van der Waals surface area contributed by atoms with E-state index in [1.54, 1.807) is 12.1 Å². The van der Waals surface area contributed by atoms with Crippen molar-refractivity contribution in [1.82, 2.24) is 0 Å². The first-order valence-electron chi connectivity index (χ1n) is 5.34. The van der Waals surface area contributed by atoms with Gasteiger partial charge in [-0.25, -0.2) is 0 Å². The van der Waals surface area contributed by atoms with Gasteiger partial charge in [0.2, 0.25) is 0 Å². The monoisotopic (exact) mass is 253 g/mol. The molecule has 0 amide bonds. The highest BCUT2D eigenvalue weighted by molar-refractivity contribution is 7.99. The normalized spacial score (nSPS) is 10.6. The summed E-state index contributed by atoms with van der Waals surface area (Å²) in [6.45, 7) is 5.52. The van der Waals surface area contributed by atoms with Gasteiger partial charge in [-0.15, -0.1) is 11.8 Å². The standard InChI is InChI=1S/C12H15NO3S/c1-8(2)7-17-12-5-4-10(9(3)14)6-11(12)13(15)16/h4-6,8H,7H2,1-3H3. The molecule has 0 N–H and O–H groups in total. The van der Waals surface area contributed by atoms with Crippen molar-refractivity contribution in [3.8, 4) is 0 Å². The van der Waals surface area contributed by atoms with Gasteiger partial charge in [-0.1, -0.05) is 13.8 Å². The van der Waals surface area contributed by atoms with E-state index < -0.39 is 4.92 Å². The van der Waals surface area contributed by atoms with E-state index in [0.29, 0.717) is 16.4 Å². The highest BCUT2D eigenvalue weighted by Gasteiger charge is 2.16. The van der Waals surface area contributed by atoms with Gasteiger partial charge < -0.3 is 0 Å². The minimum absolute atomic E-state index is 0.0170. The molecule has 0 unspecified atom stereocenters. The smallest absolute Gasteiger partial charge is 0.283 e. The number of rotatable bonds is 5. The third-order valence-corrected chi connectivity index (χ3v) is 3.62. The second-order valence-electron chi connectivity index (χ2n) is 4.20. The number of carbonyl (C=O) groups excluding carboxylic acids is 1. The minimum Gasteiger partial charge on any atom is -0.295 e. The van der Waals surface area contributed by atoms with Gasteiger partial charge in [0, 0.05) is 17.4 Å². The summed E-state index contributed by atoms with van der Waals surface area (Å²) >= 11 is 1.45. The predicted octanol–water partition coefficient (Wildman–Crippen LogP) is 3.55. The second kappa shape index (κ2) is 5.82. The Morgan fingerprint density at radius 2 is 2.12 bits per heavy atom. The summed E-state index contributed by atoms with van der Waals surface area (Å²) in [6, 6.07) is 4.64. The Labute approximate surface area is 105 Å². The molecule has 0 saturated heterocycles. The van der Waals surface area contributed by atoms with E-state index in [1.165, 1.54) is 24.8 Å².